The van der Waals surface area contributed by atoms with Crippen LogP contribution in [0.25, 0.3) is 5.52 Å². The molecule has 0 radical (unpaired) electrons. The van der Waals surface area contributed by atoms with Gasteiger partial charge in [-0.1, -0.05) is 24.3 Å². The van der Waals surface area contributed by atoms with Crippen LogP contribution in [0.1, 0.15) is 21.5 Å². The van der Waals surface area contributed by atoms with Crippen molar-refractivity contribution in [2.24, 2.45) is 5.73 Å². The maximum atomic E-state index is 11.2. The maximum absolute atomic E-state index is 11.2. The predicted molar refractivity (Wildman–Crippen MR) is 80.0 cm³/mol. The number of fused-ring (bicyclic) bond motifs is 2. The Morgan fingerprint density at radius 3 is 2.48 bits per heavy atom. The largest absolute Gasteiger partial charge is 0.366 e. The summed E-state index contributed by atoms with van der Waals surface area (Å²) in [6, 6.07) is 13.9. The van der Waals surface area contributed by atoms with Crippen molar-refractivity contribution in [3.8, 4) is 0 Å². The van der Waals surface area contributed by atoms with Gasteiger partial charge in [-0.3, -0.25) is 4.79 Å². The molecule has 5 heteroatoms. The first-order chi connectivity index (χ1) is 10.2. The van der Waals surface area contributed by atoms with Gasteiger partial charge in [0.1, 0.15) is 0 Å². The van der Waals surface area contributed by atoms with E-state index < -0.39 is 5.91 Å². The summed E-state index contributed by atoms with van der Waals surface area (Å²) in [7, 11) is 0. The average molecular weight is 278 g/mol. The third-order valence-electron chi connectivity index (χ3n) is 3.90. The predicted octanol–water partition coefficient (Wildman–Crippen LogP) is 1.95. The highest BCUT2D eigenvalue weighted by Crippen LogP contribution is 2.27. The van der Waals surface area contributed by atoms with Gasteiger partial charge in [0.2, 0.25) is 5.91 Å². The summed E-state index contributed by atoms with van der Waals surface area (Å²) in [5, 5.41) is 4.57. The molecule has 3 aromatic rings. The summed E-state index contributed by atoms with van der Waals surface area (Å²) >= 11 is 0. The molecule has 0 atom stereocenters. The molecule has 2 N–H and O–H groups in total. The van der Waals surface area contributed by atoms with Gasteiger partial charge in [0.25, 0.3) is 0 Å². The monoisotopic (exact) mass is 278 g/mol. The van der Waals surface area contributed by atoms with Crippen molar-refractivity contribution in [3.63, 3.8) is 0 Å². The van der Waals surface area contributed by atoms with Gasteiger partial charge in [-0.05, 0) is 23.3 Å². The lowest BCUT2D eigenvalue weighted by atomic mass is 10.1. The highest BCUT2D eigenvalue weighted by atomic mass is 16.1. The molecule has 0 saturated carbocycles. The van der Waals surface area contributed by atoms with E-state index in [0.29, 0.717) is 5.56 Å². The molecular weight excluding hydrogens is 264 g/mol. The second-order valence-electron chi connectivity index (χ2n) is 5.28. The number of rotatable bonds is 2. The summed E-state index contributed by atoms with van der Waals surface area (Å²) in [6.45, 7) is 1.73. The molecule has 1 aliphatic rings. The molecule has 0 bridgehead atoms. The lowest BCUT2D eigenvalue weighted by Crippen LogP contribution is -2.14. The lowest BCUT2D eigenvalue weighted by Gasteiger charge is -2.12. The van der Waals surface area contributed by atoms with Crippen LogP contribution in [0.2, 0.25) is 0 Å². The molecule has 0 fully saturated rings. The van der Waals surface area contributed by atoms with Gasteiger partial charge < -0.3 is 10.6 Å². The third kappa shape index (κ3) is 1.94. The average Bonchev–Trinajstić information content (AvgIpc) is 3.09. The topological polar surface area (TPSA) is 63.6 Å². The van der Waals surface area contributed by atoms with Crippen LogP contribution in [0, 0.1) is 0 Å². The fraction of sp³-hybridized carbons (Fsp3) is 0.125. The zero-order valence-corrected chi connectivity index (χ0v) is 11.4. The van der Waals surface area contributed by atoms with Crippen molar-refractivity contribution in [1.82, 2.24) is 9.61 Å². The Morgan fingerprint density at radius 2 is 1.81 bits per heavy atom. The van der Waals surface area contributed by atoms with Crippen LogP contribution in [0.5, 0.6) is 0 Å². The smallest absolute Gasteiger partial charge is 0.248 e. The minimum absolute atomic E-state index is 0.422. The molecule has 3 heterocycles. The van der Waals surface area contributed by atoms with Crippen LogP contribution in [-0.2, 0) is 13.1 Å². The standard InChI is InChI=1S/C16H14N4O/c17-16(21)11-5-6-20-14(7-11)8-15(18-20)19-9-12-3-1-2-4-13(12)10-19/h1-8H,9-10H2,(H2,17,21). The van der Waals surface area contributed by atoms with Gasteiger partial charge in [0, 0.05) is 30.9 Å². The Morgan fingerprint density at radius 1 is 1.10 bits per heavy atom. The molecule has 0 unspecified atom stereocenters. The number of hydrogen-bond acceptors (Lipinski definition) is 3. The highest BCUT2D eigenvalue weighted by Gasteiger charge is 2.20. The Kier molecular flexibility index (Phi) is 2.47. The molecule has 5 nitrogen and oxygen atoms in total. The highest BCUT2D eigenvalue weighted by molar-refractivity contribution is 5.93. The molecule has 1 aliphatic heterocycles. The van der Waals surface area contributed by atoms with Crippen LogP contribution < -0.4 is 10.6 Å². The van der Waals surface area contributed by atoms with E-state index in [0.717, 1.165) is 24.4 Å². The number of benzene rings is 1. The summed E-state index contributed by atoms with van der Waals surface area (Å²) in [5.74, 6) is 0.488. The van der Waals surface area contributed by atoms with E-state index in [-0.39, 0.29) is 0 Å². The Balaban J connectivity index is 1.71. The first kappa shape index (κ1) is 12.0. The fourth-order valence-electron chi connectivity index (χ4n) is 2.78. The fourth-order valence-corrected chi connectivity index (χ4v) is 2.78. The summed E-state index contributed by atoms with van der Waals surface area (Å²) in [4.78, 5) is 13.5. The minimum atomic E-state index is -0.422. The Bertz CT molecular complexity index is 827. The van der Waals surface area contributed by atoms with E-state index >= 15 is 0 Å². The van der Waals surface area contributed by atoms with Gasteiger partial charge in [0.15, 0.2) is 5.82 Å². The number of anilines is 1. The number of nitrogens with two attached hydrogens (primary N) is 1. The van der Waals surface area contributed by atoms with Crippen molar-refractivity contribution in [1.29, 1.82) is 0 Å². The van der Waals surface area contributed by atoms with Crippen molar-refractivity contribution >= 4 is 17.2 Å². The number of primary amides is 1. The summed E-state index contributed by atoms with van der Waals surface area (Å²) < 4.78 is 1.77. The first-order valence-electron chi connectivity index (χ1n) is 6.82. The lowest BCUT2D eigenvalue weighted by molar-refractivity contribution is 0.100. The summed E-state index contributed by atoms with van der Waals surface area (Å²) in [6.07, 6.45) is 1.77. The number of carbonyl (C=O) groups excluding carboxylic acids is 1. The number of amides is 1. The van der Waals surface area contributed by atoms with Gasteiger partial charge in [-0.25, -0.2) is 4.52 Å². The van der Waals surface area contributed by atoms with E-state index in [1.54, 1.807) is 22.8 Å². The van der Waals surface area contributed by atoms with E-state index in [1.165, 1.54) is 11.1 Å². The molecule has 0 aliphatic carbocycles. The van der Waals surface area contributed by atoms with Crippen molar-refractivity contribution in [2.75, 3.05) is 4.90 Å². The number of aromatic nitrogens is 2. The van der Waals surface area contributed by atoms with E-state index in [9.17, 15) is 4.79 Å². The number of nitrogens with zero attached hydrogens (tertiary/aromatic N) is 3. The molecule has 104 valence electrons. The quantitative estimate of drug-likeness (QED) is 0.779. The van der Waals surface area contributed by atoms with Crippen LogP contribution >= 0.6 is 0 Å². The Hall–Kier alpha value is -2.82. The van der Waals surface area contributed by atoms with Gasteiger partial charge in [-0.2, -0.15) is 5.10 Å². The summed E-state index contributed by atoms with van der Waals surface area (Å²) in [5.41, 5.74) is 9.36. The second kappa shape index (κ2) is 4.34. The molecule has 0 spiro atoms. The second-order valence-corrected chi connectivity index (χ2v) is 5.28. The number of pyridine rings is 1. The van der Waals surface area contributed by atoms with Crippen LogP contribution in [0.3, 0.4) is 0 Å². The molecule has 4 rings (SSSR count). The van der Waals surface area contributed by atoms with Crippen LogP contribution in [-0.4, -0.2) is 15.5 Å². The van der Waals surface area contributed by atoms with Crippen molar-refractivity contribution in [3.05, 3.63) is 65.4 Å². The van der Waals surface area contributed by atoms with Gasteiger partial charge in [0.05, 0.1) is 5.52 Å². The van der Waals surface area contributed by atoms with Gasteiger partial charge in [-0.15, -0.1) is 0 Å². The molecule has 1 amide bonds. The van der Waals surface area contributed by atoms with E-state index in [2.05, 4.69) is 34.3 Å². The molecule has 1 aromatic carbocycles. The molecule has 21 heavy (non-hydrogen) atoms. The van der Waals surface area contributed by atoms with Crippen LogP contribution in [0.15, 0.2) is 48.7 Å². The normalized spacial score (nSPS) is 13.6. The van der Waals surface area contributed by atoms with Gasteiger partial charge >= 0.3 is 0 Å². The van der Waals surface area contributed by atoms with E-state index in [1.807, 2.05) is 6.07 Å². The third-order valence-corrected chi connectivity index (χ3v) is 3.90. The Labute approximate surface area is 121 Å². The van der Waals surface area contributed by atoms with Crippen molar-refractivity contribution < 1.29 is 4.79 Å². The maximum Gasteiger partial charge on any atom is 0.248 e. The minimum Gasteiger partial charge on any atom is -0.366 e. The van der Waals surface area contributed by atoms with Crippen LogP contribution in [0.4, 0.5) is 5.82 Å². The molecule has 0 saturated heterocycles. The number of carbonyl (C=O) groups is 1. The zero-order chi connectivity index (χ0) is 14.4. The number of hydrogen-bond donors (Lipinski definition) is 1. The first-order valence-corrected chi connectivity index (χ1v) is 6.82. The zero-order valence-electron chi connectivity index (χ0n) is 11.4. The van der Waals surface area contributed by atoms with Crippen molar-refractivity contribution in [2.45, 2.75) is 13.1 Å². The molecule has 2 aromatic heterocycles. The van der Waals surface area contributed by atoms with E-state index in [4.69, 9.17) is 5.73 Å². The SMILES string of the molecule is NC(=O)c1ccn2nc(N3Cc4ccccc4C3)cc2c1. The molecular formula is C16H14N4O.